The molecule has 2 aliphatic heterocycles. The van der Waals surface area contributed by atoms with E-state index in [4.69, 9.17) is 28.9 Å². The first-order chi connectivity index (χ1) is 31.7. The molecule has 14 nitrogen and oxygen atoms in total. The number of nitro benzene ring substituents is 1. The number of benzene rings is 4. The average Bonchev–Trinajstić information content (AvgIpc) is 3.79. The van der Waals surface area contributed by atoms with E-state index in [0.717, 1.165) is 47.9 Å². The smallest absolute Gasteiger partial charge is 0.269 e. The van der Waals surface area contributed by atoms with Crippen LogP contribution >= 0.6 is 0 Å². The van der Waals surface area contributed by atoms with Crippen molar-refractivity contribution in [3.8, 4) is 23.0 Å². The highest BCUT2D eigenvalue weighted by molar-refractivity contribution is 6.03. The number of hydrogen-bond donors (Lipinski definition) is 3. The van der Waals surface area contributed by atoms with Crippen molar-refractivity contribution in [3.63, 3.8) is 0 Å². The van der Waals surface area contributed by atoms with Gasteiger partial charge in [-0.3, -0.25) is 14.9 Å². The minimum atomic E-state index is -1.55. The molecule has 0 aromatic heterocycles. The number of unbranched alkanes of at least 4 members (excludes halogenated alkanes) is 2. The summed E-state index contributed by atoms with van der Waals surface area (Å²) in [5, 5.41) is 47.3. The number of carbonyl (C=O) groups is 1. The lowest BCUT2D eigenvalue weighted by Gasteiger charge is -2.60. The zero-order valence-corrected chi connectivity index (χ0v) is 36.2. The number of amides is 1. The number of carbonyl (C=O) groups excluding carboxylic acids is 1. The lowest BCUT2D eigenvalue weighted by Crippen LogP contribution is -2.70. The van der Waals surface area contributed by atoms with Gasteiger partial charge in [0.05, 0.1) is 23.2 Å². The Morgan fingerprint density at radius 2 is 1.68 bits per heavy atom. The van der Waals surface area contributed by atoms with Crippen molar-refractivity contribution in [1.82, 2.24) is 4.90 Å². The molecule has 65 heavy (non-hydrogen) atoms. The summed E-state index contributed by atoms with van der Waals surface area (Å²) in [5.41, 5.74) is 4.48. The van der Waals surface area contributed by atoms with Gasteiger partial charge in [-0.25, -0.2) is 0 Å². The van der Waals surface area contributed by atoms with Gasteiger partial charge < -0.3 is 44.0 Å². The quantitative estimate of drug-likeness (QED) is 0.0254. The van der Waals surface area contributed by atoms with Crippen LogP contribution in [0.15, 0.2) is 127 Å². The van der Waals surface area contributed by atoms with Gasteiger partial charge in [0.2, 0.25) is 18.5 Å². The van der Waals surface area contributed by atoms with Gasteiger partial charge in [0.1, 0.15) is 24.1 Å². The van der Waals surface area contributed by atoms with Crippen LogP contribution < -0.4 is 14.2 Å². The van der Waals surface area contributed by atoms with E-state index >= 15 is 4.79 Å². The maximum atomic E-state index is 15.2. The van der Waals surface area contributed by atoms with E-state index < -0.39 is 28.6 Å². The van der Waals surface area contributed by atoms with Crippen LogP contribution in [-0.2, 0) is 27.5 Å². The first-order valence-corrected chi connectivity index (χ1v) is 22.3. The van der Waals surface area contributed by atoms with Crippen LogP contribution in [-0.4, -0.2) is 75.2 Å². The van der Waals surface area contributed by atoms with Crippen molar-refractivity contribution in [2.75, 3.05) is 26.6 Å². The SMILES string of the molecule is C=CCO[C@@]12Oc3ccc(O)cc3[C@H]3[C@H](CCCCO)[C@@H](CCCCO)C=C(C(=NOCc4ccccc4)C[C@@H]1N(Cc1ccc4c(c1)OCO4)C(=O)C=Cc1ccc([N+](=O)[O-])cc1)[C@H]32. The highest BCUT2D eigenvalue weighted by Crippen LogP contribution is 2.62. The molecule has 1 saturated carbocycles. The highest BCUT2D eigenvalue weighted by atomic mass is 16.7. The molecule has 4 aliphatic rings. The standard InChI is InChI=1S/C51H55N3O11/c1-2-26-63-51-47(53(31-36-16-21-45-46(27-36)62-33-61-45)48(58)23-17-34-14-18-38(19-15-34)54(59)60)30-43(52-64-32-35-10-4-3-5-11-35)41-28-37(12-6-8-24-55)40(13-7-9-25-56)49(50(41)51)42-29-39(57)20-22-44(42)65-51/h2-5,10-11,14-23,27-29,37,40,47,49-50,55-57H,1,6-9,12-13,24-26,30-33H2/t37-,40+,47-,49+,50+,51+/m0/s1. The summed E-state index contributed by atoms with van der Waals surface area (Å²) in [7, 11) is 0. The van der Waals surface area contributed by atoms with Crippen LogP contribution in [0.25, 0.3) is 6.08 Å². The molecule has 6 atom stereocenters. The molecule has 4 aromatic rings. The predicted molar refractivity (Wildman–Crippen MR) is 243 cm³/mol. The topological polar surface area (TPSA) is 183 Å². The number of nitrogens with zero attached hydrogens (tertiary/aromatic N) is 3. The zero-order valence-electron chi connectivity index (χ0n) is 36.2. The Hall–Kier alpha value is -6.48. The van der Waals surface area contributed by atoms with Crippen molar-refractivity contribution in [2.45, 2.75) is 75.8 Å². The predicted octanol–water partition coefficient (Wildman–Crippen LogP) is 8.61. The normalized spacial score (nSPS) is 23.3. The van der Waals surface area contributed by atoms with E-state index in [0.29, 0.717) is 41.4 Å². The lowest BCUT2D eigenvalue weighted by atomic mass is 9.55. The molecule has 0 radical (unpaired) electrons. The summed E-state index contributed by atoms with van der Waals surface area (Å²) < 4.78 is 25.8. The van der Waals surface area contributed by atoms with Crippen LogP contribution in [0, 0.1) is 27.9 Å². The van der Waals surface area contributed by atoms with E-state index in [1.807, 2.05) is 48.5 Å². The summed E-state index contributed by atoms with van der Waals surface area (Å²) in [6.45, 7) is 4.55. The van der Waals surface area contributed by atoms with Crippen molar-refractivity contribution < 1.29 is 48.8 Å². The monoisotopic (exact) mass is 885 g/mol. The number of aliphatic hydroxyl groups is 2. The fraction of sp³-hybridized carbons (Fsp3) is 0.373. The molecule has 8 rings (SSSR count). The molecule has 14 heteroatoms. The Kier molecular flexibility index (Phi) is 14.3. The van der Waals surface area contributed by atoms with Crippen LogP contribution in [0.4, 0.5) is 5.69 Å². The lowest BCUT2D eigenvalue weighted by molar-refractivity contribution is -0.384. The Morgan fingerprint density at radius 3 is 2.43 bits per heavy atom. The Morgan fingerprint density at radius 1 is 0.923 bits per heavy atom. The molecule has 2 aliphatic carbocycles. The summed E-state index contributed by atoms with van der Waals surface area (Å²) in [6.07, 6.45) is 11.4. The van der Waals surface area contributed by atoms with Gasteiger partial charge in [-0.2, -0.15) is 0 Å². The number of nitro groups is 1. The first-order valence-electron chi connectivity index (χ1n) is 22.3. The molecule has 1 fully saturated rings. The van der Waals surface area contributed by atoms with Gasteiger partial charge in [0.25, 0.3) is 5.69 Å². The number of aromatic hydroxyl groups is 1. The van der Waals surface area contributed by atoms with Crippen LogP contribution in [0.5, 0.6) is 23.0 Å². The molecule has 0 bridgehead atoms. The van der Waals surface area contributed by atoms with E-state index in [1.54, 1.807) is 47.4 Å². The number of rotatable bonds is 20. The van der Waals surface area contributed by atoms with E-state index in [2.05, 4.69) is 12.7 Å². The van der Waals surface area contributed by atoms with Crippen molar-refractivity contribution in [1.29, 1.82) is 0 Å². The summed E-state index contributed by atoms with van der Waals surface area (Å²) in [6, 6.07) is 25.5. The van der Waals surface area contributed by atoms with Crippen LogP contribution in [0.3, 0.4) is 0 Å². The fourth-order valence-corrected chi connectivity index (χ4v) is 9.96. The zero-order chi connectivity index (χ0) is 45.3. The number of fused-ring (bicyclic) bond motifs is 3. The molecule has 1 amide bonds. The van der Waals surface area contributed by atoms with Gasteiger partial charge in [-0.05, 0) is 108 Å². The molecule has 4 aromatic carbocycles. The van der Waals surface area contributed by atoms with Gasteiger partial charge in [-0.15, -0.1) is 6.58 Å². The van der Waals surface area contributed by atoms with Gasteiger partial charge in [-0.1, -0.05) is 66.5 Å². The number of hydrogen-bond acceptors (Lipinski definition) is 12. The number of phenolic OH excluding ortho intramolecular Hbond substituents is 1. The van der Waals surface area contributed by atoms with Gasteiger partial charge >= 0.3 is 0 Å². The van der Waals surface area contributed by atoms with E-state index in [1.165, 1.54) is 18.2 Å². The van der Waals surface area contributed by atoms with Crippen molar-refractivity contribution in [2.24, 2.45) is 22.9 Å². The van der Waals surface area contributed by atoms with E-state index in [-0.39, 0.29) is 75.4 Å². The van der Waals surface area contributed by atoms with Crippen LogP contribution in [0.2, 0.25) is 0 Å². The summed E-state index contributed by atoms with van der Waals surface area (Å²) in [5.74, 6) is -1.15. The number of phenols is 1. The van der Waals surface area contributed by atoms with E-state index in [9.17, 15) is 25.4 Å². The molecule has 0 spiro atoms. The minimum Gasteiger partial charge on any atom is -0.508 e. The van der Waals surface area contributed by atoms with Gasteiger partial charge in [0.15, 0.2) is 11.5 Å². The van der Waals surface area contributed by atoms with Gasteiger partial charge in [0, 0.05) is 55.9 Å². The molecule has 2 heterocycles. The Labute approximate surface area is 378 Å². The second kappa shape index (κ2) is 20.6. The third-order valence-corrected chi connectivity index (χ3v) is 12.9. The third kappa shape index (κ3) is 9.80. The average molecular weight is 886 g/mol. The molecule has 0 unspecified atom stereocenters. The Bertz CT molecular complexity index is 2420. The summed E-state index contributed by atoms with van der Waals surface area (Å²) >= 11 is 0. The number of oxime groups is 1. The van der Waals surface area contributed by atoms with Crippen molar-refractivity contribution >= 4 is 23.4 Å². The maximum Gasteiger partial charge on any atom is 0.269 e. The van der Waals surface area contributed by atoms with Crippen molar-refractivity contribution in [3.05, 3.63) is 154 Å². The minimum absolute atomic E-state index is 0.00812. The maximum absolute atomic E-state index is 15.2. The molecular weight excluding hydrogens is 831 g/mol. The molecular formula is C51H55N3O11. The second-order valence-electron chi connectivity index (χ2n) is 16.9. The number of aliphatic hydroxyl groups excluding tert-OH is 2. The largest absolute Gasteiger partial charge is 0.508 e. The number of ether oxygens (including phenoxy) is 4. The number of allylic oxidation sites excluding steroid dienone is 1. The summed E-state index contributed by atoms with van der Waals surface area (Å²) in [4.78, 5) is 34.1. The first kappa shape index (κ1) is 45.1. The fourth-order valence-electron chi connectivity index (χ4n) is 9.96. The molecule has 340 valence electrons. The highest BCUT2D eigenvalue weighted by Gasteiger charge is 2.65. The number of non-ortho nitro benzene ring substituents is 1. The third-order valence-electron chi connectivity index (χ3n) is 12.9. The Balaban J connectivity index is 1.32. The molecule has 3 N–H and O–H groups in total. The van der Waals surface area contributed by atoms with Crippen LogP contribution in [0.1, 0.15) is 73.1 Å². The second-order valence-corrected chi connectivity index (χ2v) is 16.9. The molecule has 0 saturated heterocycles.